The summed E-state index contributed by atoms with van der Waals surface area (Å²) in [5.41, 5.74) is -7.93. The molecule has 0 aromatic heterocycles. The molecule has 1 aliphatic heterocycles. The first-order valence-corrected chi connectivity index (χ1v) is 16.6. The van der Waals surface area contributed by atoms with E-state index in [2.05, 4.69) is 4.74 Å². The first-order chi connectivity index (χ1) is 24.2. The summed E-state index contributed by atoms with van der Waals surface area (Å²) in [7, 11) is -4.67. The van der Waals surface area contributed by atoms with Gasteiger partial charge in [0.2, 0.25) is 5.91 Å². The number of hydrogen-bond donors (Lipinski definition) is 1. The maximum atomic E-state index is 14.5. The van der Waals surface area contributed by atoms with Crippen LogP contribution in [-0.2, 0) is 42.7 Å². The average Bonchev–Trinajstić information content (AvgIpc) is 3.53. The molecule has 1 amide bonds. The molecule has 5 rings (SSSR count). The van der Waals surface area contributed by atoms with Crippen molar-refractivity contribution < 1.29 is 67.4 Å². The third-order valence-electron chi connectivity index (χ3n) is 8.89. The van der Waals surface area contributed by atoms with E-state index in [1.807, 2.05) is 0 Å². The van der Waals surface area contributed by atoms with Crippen LogP contribution in [0, 0.1) is 17.5 Å². The fourth-order valence-electron chi connectivity index (χ4n) is 6.09. The first kappa shape index (κ1) is 38.3. The molecule has 4 aromatic carbocycles. The molecule has 1 aliphatic rings. The van der Waals surface area contributed by atoms with Crippen molar-refractivity contribution >= 4 is 21.7 Å². The highest BCUT2D eigenvalue weighted by Gasteiger charge is 2.73. The van der Waals surface area contributed by atoms with Gasteiger partial charge in [0.05, 0.1) is 23.5 Å². The number of alkyl halides is 6. The molecule has 276 valence electrons. The van der Waals surface area contributed by atoms with Crippen molar-refractivity contribution in [2.45, 2.75) is 47.0 Å². The standard InChI is InChI=1S/C35H26F9NO6S/c36-25-12-14-26(15-13-25)52(49,50)32(16-17-45(20-32)30(46)18-21-4-6-22(7-5-21)31(47)48)23-8-10-24(11-9-23)33(34(39,40)41,35(42,43)44)51-19-27-28(37)2-1-3-29(27)38/h1-15H,16-20H2,(H,47,48). The first-order valence-electron chi connectivity index (χ1n) is 15.1. The number of carbonyl (C=O) groups is 2. The van der Waals surface area contributed by atoms with Crippen LogP contribution in [-0.4, -0.2) is 55.7 Å². The molecule has 1 heterocycles. The predicted molar refractivity (Wildman–Crippen MR) is 165 cm³/mol. The number of likely N-dealkylation sites (tertiary alicyclic amines) is 1. The number of hydrogen-bond acceptors (Lipinski definition) is 5. The van der Waals surface area contributed by atoms with Crippen LogP contribution in [0.25, 0.3) is 0 Å². The fraction of sp³-hybridized carbons (Fsp3) is 0.257. The van der Waals surface area contributed by atoms with Crippen LogP contribution < -0.4 is 0 Å². The van der Waals surface area contributed by atoms with Gasteiger partial charge in [-0.3, -0.25) is 4.79 Å². The van der Waals surface area contributed by atoms with Gasteiger partial charge in [0.15, 0.2) is 9.84 Å². The Balaban J connectivity index is 1.57. The SMILES string of the molecule is O=C(O)c1ccc(CC(=O)N2CCC(c3ccc(C(OCc4c(F)cccc4F)(C(F)(F)F)C(F)(F)F)cc3)(S(=O)(=O)c3ccc(F)cc3)C2)cc1. The van der Waals surface area contributed by atoms with E-state index in [1.54, 1.807) is 0 Å². The largest absolute Gasteiger partial charge is 0.478 e. The van der Waals surface area contributed by atoms with Gasteiger partial charge < -0.3 is 14.7 Å². The molecule has 1 fully saturated rings. The van der Waals surface area contributed by atoms with Gasteiger partial charge in [-0.1, -0.05) is 42.5 Å². The Morgan fingerprint density at radius 1 is 0.788 bits per heavy atom. The Bertz CT molecular complexity index is 2030. The van der Waals surface area contributed by atoms with Crippen molar-refractivity contribution in [3.05, 3.63) is 136 Å². The number of carboxylic acids is 1. The van der Waals surface area contributed by atoms with Gasteiger partial charge in [-0.15, -0.1) is 0 Å². The Hall–Kier alpha value is -4.90. The molecular formula is C35H26F9NO6S. The number of amides is 1. The summed E-state index contributed by atoms with van der Waals surface area (Å²) >= 11 is 0. The highest BCUT2D eigenvalue weighted by Crippen LogP contribution is 2.54. The average molecular weight is 760 g/mol. The third-order valence-corrected chi connectivity index (χ3v) is 11.4. The van der Waals surface area contributed by atoms with E-state index in [0.29, 0.717) is 42.0 Å². The number of halogens is 9. The molecule has 0 spiro atoms. The Kier molecular flexibility index (Phi) is 10.3. The van der Waals surface area contributed by atoms with E-state index in [-0.39, 0.29) is 30.5 Å². The number of ether oxygens (including phenoxy) is 1. The van der Waals surface area contributed by atoms with Gasteiger partial charge >= 0.3 is 18.3 Å². The van der Waals surface area contributed by atoms with E-state index >= 15 is 0 Å². The van der Waals surface area contributed by atoms with Gasteiger partial charge in [0, 0.05) is 24.2 Å². The molecule has 1 unspecified atom stereocenters. The quantitative estimate of drug-likeness (QED) is 0.133. The van der Waals surface area contributed by atoms with E-state index < -0.39 is 91.0 Å². The predicted octanol–water partition coefficient (Wildman–Crippen LogP) is 7.48. The lowest BCUT2D eigenvalue weighted by Gasteiger charge is -2.38. The van der Waals surface area contributed by atoms with Crippen LogP contribution in [0.1, 0.15) is 39.0 Å². The van der Waals surface area contributed by atoms with E-state index in [4.69, 9.17) is 5.11 Å². The number of aromatic carboxylic acids is 1. The minimum absolute atomic E-state index is 0.0601. The van der Waals surface area contributed by atoms with Gasteiger partial charge in [0.25, 0.3) is 5.60 Å². The lowest BCUT2D eigenvalue weighted by molar-refractivity contribution is -0.392. The third kappa shape index (κ3) is 6.86. The highest BCUT2D eigenvalue weighted by molar-refractivity contribution is 7.92. The zero-order valence-corrected chi connectivity index (χ0v) is 27.3. The van der Waals surface area contributed by atoms with Crippen LogP contribution >= 0.6 is 0 Å². The monoisotopic (exact) mass is 759 g/mol. The van der Waals surface area contributed by atoms with Crippen LogP contribution in [0.5, 0.6) is 0 Å². The number of carboxylic acid groups (broad SMARTS) is 1. The summed E-state index contributed by atoms with van der Waals surface area (Å²) in [5.74, 6) is -5.57. The Labute approximate surface area is 290 Å². The molecule has 52 heavy (non-hydrogen) atoms. The summed E-state index contributed by atoms with van der Waals surface area (Å²) in [5, 5.41) is 9.12. The van der Waals surface area contributed by atoms with Crippen molar-refractivity contribution in [1.29, 1.82) is 0 Å². The molecule has 1 N–H and O–H groups in total. The summed E-state index contributed by atoms with van der Waals surface area (Å²) in [6, 6.07) is 12.9. The minimum Gasteiger partial charge on any atom is -0.478 e. The van der Waals surface area contributed by atoms with Crippen molar-refractivity contribution in [3.8, 4) is 0 Å². The zero-order chi connectivity index (χ0) is 38.3. The van der Waals surface area contributed by atoms with Gasteiger partial charge in [0.1, 0.15) is 22.2 Å². The minimum atomic E-state index is -6.26. The smallest absolute Gasteiger partial charge is 0.430 e. The van der Waals surface area contributed by atoms with E-state index in [9.17, 15) is 57.5 Å². The molecular weight excluding hydrogens is 733 g/mol. The molecule has 1 saturated heterocycles. The number of carbonyl (C=O) groups excluding carboxylic acids is 1. The van der Waals surface area contributed by atoms with Crippen LogP contribution in [0.3, 0.4) is 0 Å². The molecule has 0 bridgehead atoms. The highest BCUT2D eigenvalue weighted by atomic mass is 32.2. The number of rotatable bonds is 10. The molecule has 7 nitrogen and oxygen atoms in total. The van der Waals surface area contributed by atoms with Crippen molar-refractivity contribution in [1.82, 2.24) is 4.90 Å². The van der Waals surface area contributed by atoms with Gasteiger partial charge in [-0.05, 0) is 66.1 Å². The fourth-order valence-corrected chi connectivity index (χ4v) is 8.17. The lowest BCUT2D eigenvalue weighted by atomic mass is 9.88. The second kappa shape index (κ2) is 13.9. The lowest BCUT2D eigenvalue weighted by Crippen LogP contribution is -2.56. The summed E-state index contributed by atoms with van der Waals surface area (Å²) in [4.78, 5) is 25.2. The molecule has 0 aliphatic carbocycles. The molecule has 17 heteroatoms. The van der Waals surface area contributed by atoms with Crippen LogP contribution in [0.2, 0.25) is 0 Å². The number of nitrogens with zero attached hydrogens (tertiary/aromatic N) is 1. The van der Waals surface area contributed by atoms with Crippen LogP contribution in [0.4, 0.5) is 39.5 Å². The Morgan fingerprint density at radius 3 is 1.87 bits per heavy atom. The molecule has 1 atom stereocenters. The van der Waals surface area contributed by atoms with Crippen molar-refractivity contribution in [2.75, 3.05) is 13.1 Å². The second-order valence-corrected chi connectivity index (χ2v) is 14.2. The summed E-state index contributed by atoms with van der Waals surface area (Å²) in [6.45, 7) is -2.65. The second-order valence-electron chi connectivity index (χ2n) is 11.9. The summed E-state index contributed by atoms with van der Waals surface area (Å²) in [6.07, 6.45) is -13.2. The molecule has 0 saturated carbocycles. The van der Waals surface area contributed by atoms with Crippen molar-refractivity contribution in [2.24, 2.45) is 0 Å². The van der Waals surface area contributed by atoms with Gasteiger partial charge in [-0.25, -0.2) is 26.4 Å². The topological polar surface area (TPSA) is 101 Å². The maximum absolute atomic E-state index is 14.5. The summed E-state index contributed by atoms with van der Waals surface area (Å²) < 4.78 is 160. The number of sulfone groups is 1. The Morgan fingerprint density at radius 2 is 1.35 bits per heavy atom. The molecule has 4 aromatic rings. The van der Waals surface area contributed by atoms with E-state index in [0.717, 1.165) is 35.2 Å². The normalized spacial score (nSPS) is 17.0. The molecule has 0 radical (unpaired) electrons. The van der Waals surface area contributed by atoms with Gasteiger partial charge in [-0.2, -0.15) is 26.3 Å². The van der Waals surface area contributed by atoms with Crippen LogP contribution in [0.15, 0.2) is 95.9 Å². The maximum Gasteiger partial charge on any atom is 0.430 e. The van der Waals surface area contributed by atoms with Crippen molar-refractivity contribution in [3.63, 3.8) is 0 Å². The van der Waals surface area contributed by atoms with E-state index in [1.165, 1.54) is 24.3 Å². The number of benzene rings is 4. The zero-order valence-electron chi connectivity index (χ0n) is 26.4.